The van der Waals surface area contributed by atoms with Crippen LogP contribution in [0.15, 0.2) is 36.4 Å². The summed E-state index contributed by atoms with van der Waals surface area (Å²) in [5.74, 6) is 1.48. The number of carbonyl (C=O) groups is 1. The fourth-order valence-corrected chi connectivity index (χ4v) is 3.44. The van der Waals surface area contributed by atoms with Crippen molar-refractivity contribution < 1.29 is 19.0 Å². The van der Waals surface area contributed by atoms with E-state index in [0.717, 1.165) is 13.1 Å². The number of hydrogen-bond donors (Lipinski definition) is 0. The van der Waals surface area contributed by atoms with Crippen LogP contribution in [-0.2, 0) is 0 Å². The van der Waals surface area contributed by atoms with Crippen molar-refractivity contribution in [3.63, 3.8) is 0 Å². The molecule has 1 fully saturated rings. The molecule has 0 radical (unpaired) electrons. The fraction of sp³-hybridized carbons (Fsp3) is 0.381. The van der Waals surface area contributed by atoms with Gasteiger partial charge in [0.15, 0.2) is 11.5 Å². The molecule has 6 heteroatoms. The number of carbonyl (C=O) groups excluding carboxylic acids is 1. The maximum absolute atomic E-state index is 13.1. The largest absolute Gasteiger partial charge is 0.496 e. The molecule has 6 nitrogen and oxygen atoms in total. The second-order valence-electron chi connectivity index (χ2n) is 6.47. The van der Waals surface area contributed by atoms with Gasteiger partial charge in [-0.2, -0.15) is 0 Å². The summed E-state index contributed by atoms with van der Waals surface area (Å²) in [5.41, 5.74) is 2.96. The number of benzene rings is 2. The minimum absolute atomic E-state index is 0.0581. The maximum atomic E-state index is 13.1. The molecule has 1 saturated heterocycles. The van der Waals surface area contributed by atoms with Gasteiger partial charge in [0, 0.05) is 44.0 Å². The van der Waals surface area contributed by atoms with E-state index in [0.29, 0.717) is 35.9 Å². The molecule has 2 aromatic carbocycles. The number of nitrogens with zero attached hydrogens (tertiary/aromatic N) is 2. The SMILES string of the molecule is COc1cc(OC)c(C(=O)N2CCN(c3ccccc3C)CC2)cc1OC. The molecule has 3 rings (SSSR count). The summed E-state index contributed by atoms with van der Waals surface area (Å²) in [6.07, 6.45) is 0. The van der Waals surface area contributed by atoms with Gasteiger partial charge in [-0.15, -0.1) is 0 Å². The van der Waals surface area contributed by atoms with Crippen LogP contribution in [0.4, 0.5) is 5.69 Å². The van der Waals surface area contributed by atoms with E-state index in [1.807, 2.05) is 17.0 Å². The Hall–Kier alpha value is -2.89. The zero-order chi connectivity index (χ0) is 19.4. The smallest absolute Gasteiger partial charge is 0.257 e. The van der Waals surface area contributed by atoms with Gasteiger partial charge in [0.25, 0.3) is 5.91 Å². The van der Waals surface area contributed by atoms with Crippen LogP contribution in [0, 0.1) is 6.92 Å². The van der Waals surface area contributed by atoms with Crippen LogP contribution in [0.2, 0.25) is 0 Å². The molecule has 0 aromatic heterocycles. The van der Waals surface area contributed by atoms with Crippen LogP contribution < -0.4 is 19.1 Å². The zero-order valence-corrected chi connectivity index (χ0v) is 16.3. The topological polar surface area (TPSA) is 51.2 Å². The summed E-state index contributed by atoms with van der Waals surface area (Å²) in [6, 6.07) is 11.7. The molecule has 0 aliphatic carbocycles. The normalized spacial score (nSPS) is 14.1. The lowest BCUT2D eigenvalue weighted by Gasteiger charge is -2.37. The molecule has 0 unspecified atom stereocenters. The van der Waals surface area contributed by atoms with Crippen molar-refractivity contribution >= 4 is 11.6 Å². The minimum Gasteiger partial charge on any atom is -0.496 e. The molecule has 1 aliphatic rings. The second kappa shape index (κ2) is 8.20. The number of aryl methyl sites for hydroxylation is 1. The van der Waals surface area contributed by atoms with E-state index in [1.165, 1.54) is 11.3 Å². The van der Waals surface area contributed by atoms with Gasteiger partial charge in [-0.05, 0) is 18.6 Å². The first-order chi connectivity index (χ1) is 13.1. The first-order valence-electron chi connectivity index (χ1n) is 8.99. The number of piperazine rings is 1. The molecular weight excluding hydrogens is 344 g/mol. The van der Waals surface area contributed by atoms with Crippen LogP contribution in [0.1, 0.15) is 15.9 Å². The minimum atomic E-state index is -0.0581. The number of anilines is 1. The molecule has 0 bridgehead atoms. The molecular formula is C21H26N2O4. The Balaban J connectivity index is 1.77. The third kappa shape index (κ3) is 3.79. The number of hydrogen-bond acceptors (Lipinski definition) is 5. The highest BCUT2D eigenvalue weighted by Crippen LogP contribution is 2.35. The molecule has 0 spiro atoms. The average molecular weight is 370 g/mol. The molecule has 144 valence electrons. The van der Waals surface area contributed by atoms with Gasteiger partial charge in [0.05, 0.1) is 26.9 Å². The van der Waals surface area contributed by atoms with Gasteiger partial charge < -0.3 is 24.0 Å². The number of ether oxygens (including phenoxy) is 3. The van der Waals surface area contributed by atoms with Gasteiger partial charge in [-0.25, -0.2) is 0 Å². The van der Waals surface area contributed by atoms with Crippen LogP contribution in [0.5, 0.6) is 17.2 Å². The summed E-state index contributed by atoms with van der Waals surface area (Å²) >= 11 is 0. The van der Waals surface area contributed by atoms with Crippen LogP contribution in [0.25, 0.3) is 0 Å². The highest BCUT2D eigenvalue weighted by atomic mass is 16.5. The Bertz CT molecular complexity index is 814. The molecule has 1 amide bonds. The van der Waals surface area contributed by atoms with Crippen molar-refractivity contribution in [1.82, 2.24) is 4.90 Å². The fourth-order valence-electron chi connectivity index (χ4n) is 3.44. The number of methoxy groups -OCH3 is 3. The molecule has 1 aliphatic heterocycles. The average Bonchev–Trinajstić information content (AvgIpc) is 2.72. The van der Waals surface area contributed by atoms with Gasteiger partial charge in [-0.1, -0.05) is 18.2 Å². The summed E-state index contributed by atoms with van der Waals surface area (Å²) in [6.45, 7) is 5.02. The first kappa shape index (κ1) is 18.9. The summed E-state index contributed by atoms with van der Waals surface area (Å²) in [4.78, 5) is 17.3. The zero-order valence-electron chi connectivity index (χ0n) is 16.3. The Morgan fingerprint density at radius 2 is 1.44 bits per heavy atom. The number of amides is 1. The lowest BCUT2D eigenvalue weighted by atomic mass is 10.1. The van der Waals surface area contributed by atoms with Crippen LogP contribution in [0.3, 0.4) is 0 Å². The summed E-state index contributed by atoms with van der Waals surface area (Å²) < 4.78 is 16.1. The third-order valence-electron chi connectivity index (χ3n) is 4.96. The highest BCUT2D eigenvalue weighted by Gasteiger charge is 2.26. The Morgan fingerprint density at radius 1 is 0.852 bits per heavy atom. The van der Waals surface area contributed by atoms with Crippen molar-refractivity contribution in [3.8, 4) is 17.2 Å². The maximum Gasteiger partial charge on any atom is 0.257 e. The summed E-state index contributed by atoms with van der Waals surface area (Å²) in [5, 5.41) is 0. The number of rotatable bonds is 5. The van der Waals surface area contributed by atoms with Crippen molar-refractivity contribution in [2.24, 2.45) is 0 Å². The Labute approximate surface area is 160 Å². The van der Waals surface area contributed by atoms with E-state index in [-0.39, 0.29) is 5.91 Å². The van der Waals surface area contributed by atoms with Crippen LogP contribution >= 0.6 is 0 Å². The standard InChI is InChI=1S/C21H26N2O4/c1-15-7-5-6-8-17(15)22-9-11-23(12-10-22)21(24)16-13-19(26-3)20(27-4)14-18(16)25-2/h5-8,13-14H,9-12H2,1-4H3. The van der Waals surface area contributed by atoms with Gasteiger partial charge >= 0.3 is 0 Å². The van der Waals surface area contributed by atoms with E-state index < -0.39 is 0 Å². The van der Waals surface area contributed by atoms with Crippen molar-refractivity contribution in [2.75, 3.05) is 52.4 Å². The highest BCUT2D eigenvalue weighted by molar-refractivity contribution is 5.98. The first-order valence-corrected chi connectivity index (χ1v) is 8.99. The Morgan fingerprint density at radius 3 is 2.04 bits per heavy atom. The monoisotopic (exact) mass is 370 g/mol. The molecule has 1 heterocycles. The Kier molecular flexibility index (Phi) is 5.74. The third-order valence-corrected chi connectivity index (χ3v) is 4.96. The van der Waals surface area contributed by atoms with Gasteiger partial charge in [-0.3, -0.25) is 4.79 Å². The van der Waals surface area contributed by atoms with Crippen molar-refractivity contribution in [2.45, 2.75) is 6.92 Å². The van der Waals surface area contributed by atoms with E-state index in [1.54, 1.807) is 33.5 Å². The lowest BCUT2D eigenvalue weighted by Crippen LogP contribution is -2.49. The second-order valence-corrected chi connectivity index (χ2v) is 6.47. The van der Waals surface area contributed by atoms with Crippen molar-refractivity contribution in [3.05, 3.63) is 47.5 Å². The molecule has 0 N–H and O–H groups in total. The lowest BCUT2D eigenvalue weighted by molar-refractivity contribution is 0.0743. The molecule has 0 atom stereocenters. The number of para-hydroxylation sites is 1. The van der Waals surface area contributed by atoms with Gasteiger partial charge in [0.2, 0.25) is 0 Å². The summed E-state index contributed by atoms with van der Waals surface area (Å²) in [7, 11) is 4.66. The molecule has 0 saturated carbocycles. The van der Waals surface area contributed by atoms with Gasteiger partial charge in [0.1, 0.15) is 5.75 Å². The molecule has 2 aromatic rings. The van der Waals surface area contributed by atoms with Crippen LogP contribution in [-0.4, -0.2) is 58.3 Å². The quantitative estimate of drug-likeness (QED) is 0.810. The van der Waals surface area contributed by atoms with E-state index in [2.05, 4.69) is 24.0 Å². The van der Waals surface area contributed by atoms with E-state index in [4.69, 9.17) is 14.2 Å². The van der Waals surface area contributed by atoms with E-state index in [9.17, 15) is 4.79 Å². The predicted octanol–water partition coefficient (Wildman–Crippen LogP) is 2.98. The molecule has 27 heavy (non-hydrogen) atoms. The predicted molar refractivity (Wildman–Crippen MR) is 105 cm³/mol. The van der Waals surface area contributed by atoms with Crippen molar-refractivity contribution in [1.29, 1.82) is 0 Å². The van der Waals surface area contributed by atoms with E-state index >= 15 is 0 Å².